The van der Waals surface area contributed by atoms with Crippen molar-refractivity contribution in [3.63, 3.8) is 0 Å². The lowest BCUT2D eigenvalue weighted by Gasteiger charge is -2.28. The summed E-state index contributed by atoms with van der Waals surface area (Å²) in [6.45, 7) is 3.64. The average molecular weight is 557 g/mol. The number of ether oxygens (including phenoxy) is 1. The molecule has 2 amide bonds. The van der Waals surface area contributed by atoms with Crippen LogP contribution in [-0.4, -0.2) is 55.8 Å². The van der Waals surface area contributed by atoms with E-state index < -0.39 is 12.1 Å². The molecule has 8 nitrogen and oxygen atoms in total. The van der Waals surface area contributed by atoms with Crippen LogP contribution in [0, 0.1) is 0 Å². The summed E-state index contributed by atoms with van der Waals surface area (Å²) in [5.74, 6) is 0.588. The second kappa shape index (κ2) is 12.7. The fourth-order valence-electron chi connectivity index (χ4n) is 5.58. The van der Waals surface area contributed by atoms with E-state index in [1.54, 1.807) is 24.1 Å². The first-order valence-corrected chi connectivity index (χ1v) is 14.5. The Morgan fingerprint density at radius 1 is 1.07 bits per heavy atom. The smallest absolute Gasteiger partial charge is 0.251 e. The number of hydrogen-bond donors (Lipinski definition) is 4. The molecule has 0 bridgehead atoms. The van der Waals surface area contributed by atoms with E-state index >= 15 is 0 Å². The average Bonchev–Trinajstić information content (AvgIpc) is 3.67. The van der Waals surface area contributed by atoms with Crippen molar-refractivity contribution < 1.29 is 19.4 Å². The maximum atomic E-state index is 13.7. The van der Waals surface area contributed by atoms with E-state index in [1.807, 2.05) is 61.5 Å². The highest BCUT2D eigenvalue weighted by Gasteiger charge is 2.44. The number of methoxy groups -OCH3 is 1. The first-order chi connectivity index (χ1) is 19.9. The van der Waals surface area contributed by atoms with Crippen molar-refractivity contribution in [2.45, 2.75) is 56.7 Å². The summed E-state index contributed by atoms with van der Waals surface area (Å²) in [5, 5.41) is 21.4. The van der Waals surface area contributed by atoms with Gasteiger partial charge in [-0.3, -0.25) is 9.59 Å². The molecule has 3 aromatic carbocycles. The normalized spacial score (nSPS) is 17.1. The van der Waals surface area contributed by atoms with Crippen LogP contribution in [-0.2, 0) is 16.8 Å². The molecular formula is C33H40N4O4. The van der Waals surface area contributed by atoms with Crippen LogP contribution in [0.25, 0.3) is 0 Å². The van der Waals surface area contributed by atoms with Gasteiger partial charge < -0.3 is 30.7 Å². The third-order valence-corrected chi connectivity index (χ3v) is 8.05. The van der Waals surface area contributed by atoms with Gasteiger partial charge in [-0.2, -0.15) is 0 Å². The lowest BCUT2D eigenvalue weighted by molar-refractivity contribution is -0.117. The highest BCUT2D eigenvalue weighted by Crippen LogP contribution is 2.46. The number of aliphatic hydroxyl groups excluding tert-OH is 1. The number of amides is 2. The van der Waals surface area contributed by atoms with E-state index in [9.17, 15) is 14.7 Å². The molecule has 1 heterocycles. The molecule has 41 heavy (non-hydrogen) atoms. The standard InChI is InChI=1S/C33H40N4O4/c1-3-34-26-18-24(19-27(21-26)37-16-8-13-31(37)39)32(40)36-29(17-23-9-5-4-6-10-23)30(38)22-35-33(14-15-33)25-11-7-12-28(20-25)41-2/h4-7,9-12,18-21,29-30,34-35,38H,3,8,13-17,22H2,1-2H3,(H,36,40)/t29-,30+/m0/s1. The van der Waals surface area contributed by atoms with E-state index in [4.69, 9.17) is 4.74 Å². The van der Waals surface area contributed by atoms with Crippen molar-refractivity contribution in [1.82, 2.24) is 10.6 Å². The number of carbonyl (C=O) groups excluding carboxylic acids is 2. The predicted octanol–water partition coefficient (Wildman–Crippen LogP) is 4.23. The summed E-state index contributed by atoms with van der Waals surface area (Å²) in [6.07, 6.45) is 2.91. The summed E-state index contributed by atoms with van der Waals surface area (Å²) >= 11 is 0. The molecule has 0 aromatic heterocycles. The molecule has 2 aliphatic rings. The molecule has 2 fully saturated rings. The molecule has 4 N–H and O–H groups in total. The summed E-state index contributed by atoms with van der Waals surface area (Å²) in [7, 11) is 1.66. The molecule has 1 saturated carbocycles. The number of anilines is 2. The molecule has 1 aliphatic carbocycles. The number of rotatable bonds is 13. The van der Waals surface area contributed by atoms with Gasteiger partial charge in [0.15, 0.2) is 0 Å². The van der Waals surface area contributed by atoms with E-state index in [0.717, 1.165) is 41.8 Å². The fourth-order valence-corrected chi connectivity index (χ4v) is 5.58. The van der Waals surface area contributed by atoms with Gasteiger partial charge in [0.2, 0.25) is 5.91 Å². The van der Waals surface area contributed by atoms with Crippen LogP contribution in [0.4, 0.5) is 11.4 Å². The summed E-state index contributed by atoms with van der Waals surface area (Å²) < 4.78 is 5.41. The van der Waals surface area contributed by atoms with Gasteiger partial charge in [-0.05, 0) is 74.1 Å². The van der Waals surface area contributed by atoms with Crippen LogP contribution in [0.2, 0.25) is 0 Å². The topological polar surface area (TPSA) is 103 Å². The molecule has 5 rings (SSSR count). The SMILES string of the molecule is CCNc1cc(C(=O)N[C@@H](Cc2ccccc2)[C@H](O)CNC2(c3cccc(OC)c3)CC2)cc(N2CCCC2=O)c1. The molecule has 0 radical (unpaired) electrons. The van der Waals surface area contributed by atoms with Crippen LogP contribution in [0.5, 0.6) is 5.75 Å². The number of nitrogens with one attached hydrogen (secondary N) is 3. The number of carbonyl (C=O) groups is 2. The van der Waals surface area contributed by atoms with Gasteiger partial charge in [0.1, 0.15) is 5.75 Å². The monoisotopic (exact) mass is 556 g/mol. The Morgan fingerprint density at radius 3 is 2.56 bits per heavy atom. The third-order valence-electron chi connectivity index (χ3n) is 8.05. The van der Waals surface area contributed by atoms with E-state index in [-0.39, 0.29) is 17.4 Å². The van der Waals surface area contributed by atoms with Crippen LogP contribution >= 0.6 is 0 Å². The first-order valence-electron chi connectivity index (χ1n) is 14.5. The van der Waals surface area contributed by atoms with Crippen molar-refractivity contribution in [3.8, 4) is 5.75 Å². The predicted molar refractivity (Wildman–Crippen MR) is 162 cm³/mol. The number of nitrogens with zero attached hydrogens (tertiary/aromatic N) is 1. The molecule has 1 saturated heterocycles. The largest absolute Gasteiger partial charge is 0.497 e. The molecule has 3 aromatic rings. The molecule has 1 aliphatic heterocycles. The Balaban J connectivity index is 1.34. The molecule has 0 unspecified atom stereocenters. The molecule has 8 heteroatoms. The van der Waals surface area contributed by atoms with Gasteiger partial charge >= 0.3 is 0 Å². The van der Waals surface area contributed by atoms with Gasteiger partial charge in [-0.25, -0.2) is 0 Å². The van der Waals surface area contributed by atoms with Crippen molar-refractivity contribution in [2.24, 2.45) is 0 Å². The van der Waals surface area contributed by atoms with E-state index in [0.29, 0.717) is 43.7 Å². The van der Waals surface area contributed by atoms with Crippen LogP contribution < -0.4 is 25.6 Å². The Kier molecular flexibility index (Phi) is 8.90. The molecular weight excluding hydrogens is 516 g/mol. The zero-order chi connectivity index (χ0) is 28.8. The van der Waals surface area contributed by atoms with Crippen molar-refractivity contribution >= 4 is 23.2 Å². The van der Waals surface area contributed by atoms with Gasteiger partial charge in [0, 0.05) is 48.5 Å². The summed E-state index contributed by atoms with van der Waals surface area (Å²) in [5.41, 5.74) is 3.91. The zero-order valence-electron chi connectivity index (χ0n) is 23.9. The second-order valence-electron chi connectivity index (χ2n) is 11.0. The molecule has 2 atom stereocenters. The first kappa shape index (κ1) is 28.6. The lowest BCUT2D eigenvalue weighted by Crippen LogP contribution is -2.50. The lowest BCUT2D eigenvalue weighted by atomic mass is 9.99. The van der Waals surface area contributed by atoms with Crippen LogP contribution in [0.15, 0.2) is 72.8 Å². The van der Waals surface area contributed by atoms with Crippen molar-refractivity contribution in [1.29, 1.82) is 0 Å². The van der Waals surface area contributed by atoms with Crippen molar-refractivity contribution in [2.75, 3.05) is 37.0 Å². The fraction of sp³-hybridized carbons (Fsp3) is 0.394. The quantitative estimate of drug-likeness (QED) is 0.251. The minimum Gasteiger partial charge on any atom is -0.497 e. The van der Waals surface area contributed by atoms with Gasteiger partial charge in [0.05, 0.1) is 19.3 Å². The maximum Gasteiger partial charge on any atom is 0.251 e. The Labute approximate surface area is 242 Å². The maximum absolute atomic E-state index is 13.7. The van der Waals surface area contributed by atoms with Gasteiger partial charge in [0.25, 0.3) is 5.91 Å². The number of hydrogen-bond acceptors (Lipinski definition) is 6. The second-order valence-corrected chi connectivity index (χ2v) is 11.0. The van der Waals surface area contributed by atoms with Gasteiger partial charge in [-0.1, -0.05) is 42.5 Å². The third kappa shape index (κ3) is 6.89. The Hall–Kier alpha value is -3.88. The zero-order valence-corrected chi connectivity index (χ0v) is 23.9. The number of aliphatic hydroxyl groups is 1. The Bertz CT molecular complexity index is 1360. The summed E-state index contributed by atoms with van der Waals surface area (Å²) in [4.78, 5) is 27.9. The van der Waals surface area contributed by atoms with Crippen molar-refractivity contribution in [3.05, 3.63) is 89.5 Å². The number of benzene rings is 3. The highest BCUT2D eigenvalue weighted by molar-refractivity contribution is 6.00. The minimum absolute atomic E-state index is 0.0681. The summed E-state index contributed by atoms with van der Waals surface area (Å²) in [6, 6.07) is 22.9. The molecule has 0 spiro atoms. The van der Waals surface area contributed by atoms with Crippen LogP contribution in [0.3, 0.4) is 0 Å². The van der Waals surface area contributed by atoms with Gasteiger partial charge in [-0.15, -0.1) is 0 Å². The molecule has 216 valence electrons. The Morgan fingerprint density at radius 2 is 1.88 bits per heavy atom. The minimum atomic E-state index is -0.834. The highest BCUT2D eigenvalue weighted by atomic mass is 16.5. The van der Waals surface area contributed by atoms with Crippen LogP contribution in [0.1, 0.15) is 54.1 Å². The van der Waals surface area contributed by atoms with E-state index in [1.165, 1.54) is 0 Å². The van der Waals surface area contributed by atoms with E-state index in [2.05, 4.69) is 22.0 Å².